The number of carbonyl (C=O) groups excluding carboxylic acids is 1. The summed E-state index contributed by atoms with van der Waals surface area (Å²) in [5.41, 5.74) is 0. The molecular weight excluding hydrogens is 180 g/mol. The third-order valence-corrected chi connectivity index (χ3v) is 2.23. The number of methoxy groups -OCH3 is 2. The highest BCUT2D eigenvalue weighted by atomic mass is 16.7. The SMILES string of the molecule is COC(CC(C)C(=O)CC(C)C)OC. The lowest BCUT2D eigenvalue weighted by Gasteiger charge is -2.18. The molecule has 0 aliphatic heterocycles. The monoisotopic (exact) mass is 202 g/mol. The smallest absolute Gasteiger partial charge is 0.157 e. The molecule has 0 aliphatic rings. The molecule has 0 aliphatic carbocycles. The van der Waals surface area contributed by atoms with Crippen LogP contribution in [0, 0.1) is 11.8 Å². The van der Waals surface area contributed by atoms with Crippen molar-refractivity contribution in [3.8, 4) is 0 Å². The highest BCUT2D eigenvalue weighted by Crippen LogP contribution is 2.14. The summed E-state index contributed by atoms with van der Waals surface area (Å²) in [5.74, 6) is 0.731. The van der Waals surface area contributed by atoms with Crippen molar-refractivity contribution in [1.29, 1.82) is 0 Å². The molecule has 0 heterocycles. The molecule has 3 nitrogen and oxygen atoms in total. The Hall–Kier alpha value is -0.410. The topological polar surface area (TPSA) is 35.5 Å². The van der Waals surface area contributed by atoms with Gasteiger partial charge in [-0.2, -0.15) is 0 Å². The van der Waals surface area contributed by atoms with Crippen LogP contribution in [0.3, 0.4) is 0 Å². The molecule has 3 heteroatoms. The van der Waals surface area contributed by atoms with Crippen molar-refractivity contribution in [3.63, 3.8) is 0 Å². The van der Waals surface area contributed by atoms with Gasteiger partial charge in [0.2, 0.25) is 0 Å². The average molecular weight is 202 g/mol. The summed E-state index contributed by atoms with van der Waals surface area (Å²) in [6.07, 6.45) is 1.01. The van der Waals surface area contributed by atoms with Crippen molar-refractivity contribution in [2.24, 2.45) is 11.8 Å². The Labute approximate surface area is 86.8 Å². The molecule has 0 amide bonds. The van der Waals surface area contributed by atoms with Gasteiger partial charge in [-0.3, -0.25) is 4.79 Å². The first-order valence-corrected chi connectivity index (χ1v) is 5.09. The van der Waals surface area contributed by atoms with Crippen LogP contribution in [0.5, 0.6) is 0 Å². The van der Waals surface area contributed by atoms with Crippen LogP contribution >= 0.6 is 0 Å². The van der Waals surface area contributed by atoms with Gasteiger partial charge in [-0.1, -0.05) is 20.8 Å². The fourth-order valence-electron chi connectivity index (χ4n) is 1.31. The highest BCUT2D eigenvalue weighted by molar-refractivity contribution is 5.80. The van der Waals surface area contributed by atoms with Crippen molar-refractivity contribution in [3.05, 3.63) is 0 Å². The largest absolute Gasteiger partial charge is 0.356 e. The van der Waals surface area contributed by atoms with E-state index in [1.165, 1.54) is 0 Å². The van der Waals surface area contributed by atoms with Gasteiger partial charge < -0.3 is 9.47 Å². The van der Waals surface area contributed by atoms with Crippen LogP contribution in [-0.2, 0) is 14.3 Å². The number of hydrogen-bond donors (Lipinski definition) is 0. The predicted octanol–water partition coefficient (Wildman–Crippen LogP) is 2.25. The molecule has 14 heavy (non-hydrogen) atoms. The number of rotatable bonds is 7. The molecule has 0 fully saturated rings. The van der Waals surface area contributed by atoms with E-state index in [-0.39, 0.29) is 12.2 Å². The van der Waals surface area contributed by atoms with Crippen LogP contribution in [0.2, 0.25) is 0 Å². The van der Waals surface area contributed by atoms with Crippen molar-refractivity contribution in [2.45, 2.75) is 39.9 Å². The van der Waals surface area contributed by atoms with E-state index in [0.29, 0.717) is 24.5 Å². The second kappa shape index (κ2) is 6.96. The van der Waals surface area contributed by atoms with Gasteiger partial charge in [0.25, 0.3) is 0 Å². The second-order valence-electron chi connectivity index (χ2n) is 4.10. The van der Waals surface area contributed by atoms with Gasteiger partial charge >= 0.3 is 0 Å². The predicted molar refractivity (Wildman–Crippen MR) is 56.0 cm³/mol. The molecule has 0 aromatic heterocycles. The zero-order valence-corrected chi connectivity index (χ0v) is 9.87. The van der Waals surface area contributed by atoms with E-state index < -0.39 is 0 Å². The lowest BCUT2D eigenvalue weighted by molar-refractivity contribution is -0.134. The minimum atomic E-state index is -0.263. The van der Waals surface area contributed by atoms with Crippen LogP contribution in [-0.4, -0.2) is 26.3 Å². The molecular formula is C11H22O3. The van der Waals surface area contributed by atoms with Crippen LogP contribution in [0.4, 0.5) is 0 Å². The number of ketones is 1. The van der Waals surface area contributed by atoms with E-state index in [0.717, 1.165) is 0 Å². The Bertz CT molecular complexity index is 162. The highest BCUT2D eigenvalue weighted by Gasteiger charge is 2.18. The molecule has 0 spiro atoms. The number of ether oxygens (including phenoxy) is 2. The van der Waals surface area contributed by atoms with Crippen molar-refractivity contribution >= 4 is 5.78 Å². The summed E-state index contributed by atoms with van der Waals surface area (Å²) in [4.78, 5) is 11.6. The molecule has 0 aromatic carbocycles. The zero-order chi connectivity index (χ0) is 11.1. The normalized spacial score (nSPS) is 13.6. The van der Waals surface area contributed by atoms with Gasteiger partial charge in [0.15, 0.2) is 6.29 Å². The summed E-state index contributed by atoms with van der Waals surface area (Å²) in [7, 11) is 3.18. The first-order valence-electron chi connectivity index (χ1n) is 5.09. The maximum Gasteiger partial charge on any atom is 0.157 e. The molecule has 0 N–H and O–H groups in total. The molecule has 1 unspecified atom stereocenters. The third-order valence-electron chi connectivity index (χ3n) is 2.23. The van der Waals surface area contributed by atoms with Crippen molar-refractivity contribution in [1.82, 2.24) is 0 Å². The Morgan fingerprint density at radius 1 is 1.14 bits per heavy atom. The molecule has 0 rings (SSSR count). The van der Waals surface area contributed by atoms with Crippen LogP contribution in [0.25, 0.3) is 0 Å². The first kappa shape index (κ1) is 13.6. The van der Waals surface area contributed by atoms with E-state index >= 15 is 0 Å². The van der Waals surface area contributed by atoms with Gasteiger partial charge in [-0.25, -0.2) is 0 Å². The van der Waals surface area contributed by atoms with Crippen LogP contribution in [0.1, 0.15) is 33.6 Å². The Balaban J connectivity index is 3.93. The van der Waals surface area contributed by atoms with Gasteiger partial charge in [0, 0.05) is 33.0 Å². The maximum absolute atomic E-state index is 11.6. The minimum absolute atomic E-state index is 0.0160. The van der Waals surface area contributed by atoms with Crippen molar-refractivity contribution in [2.75, 3.05) is 14.2 Å². The van der Waals surface area contributed by atoms with E-state index in [1.807, 2.05) is 6.92 Å². The molecule has 0 bridgehead atoms. The maximum atomic E-state index is 11.6. The summed E-state index contributed by atoms with van der Waals surface area (Å²) < 4.78 is 10.1. The lowest BCUT2D eigenvalue weighted by Crippen LogP contribution is -2.22. The van der Waals surface area contributed by atoms with Crippen molar-refractivity contribution < 1.29 is 14.3 Å². The number of carbonyl (C=O) groups is 1. The van der Waals surface area contributed by atoms with E-state index in [9.17, 15) is 4.79 Å². The van der Waals surface area contributed by atoms with E-state index in [2.05, 4.69) is 13.8 Å². The van der Waals surface area contributed by atoms with Gasteiger partial charge in [0.1, 0.15) is 5.78 Å². The van der Waals surface area contributed by atoms with Gasteiger partial charge in [0.05, 0.1) is 0 Å². The zero-order valence-electron chi connectivity index (χ0n) is 9.87. The first-order chi connectivity index (χ1) is 6.51. The Morgan fingerprint density at radius 2 is 1.64 bits per heavy atom. The van der Waals surface area contributed by atoms with Gasteiger partial charge in [-0.15, -0.1) is 0 Å². The quantitative estimate of drug-likeness (QED) is 0.594. The summed E-state index contributed by atoms with van der Waals surface area (Å²) >= 11 is 0. The van der Waals surface area contributed by atoms with E-state index in [1.54, 1.807) is 14.2 Å². The molecule has 1 atom stereocenters. The standard InChI is InChI=1S/C11H22O3/c1-8(2)6-10(12)9(3)7-11(13-4)14-5/h8-9,11H,6-7H2,1-5H3. The summed E-state index contributed by atoms with van der Waals surface area (Å²) in [5, 5.41) is 0. The Morgan fingerprint density at radius 3 is 2.00 bits per heavy atom. The average Bonchev–Trinajstić information content (AvgIpc) is 2.12. The number of hydrogen-bond acceptors (Lipinski definition) is 3. The fourth-order valence-corrected chi connectivity index (χ4v) is 1.31. The number of Topliss-reactive ketones (excluding diaryl/α,β-unsaturated/α-hetero) is 1. The fraction of sp³-hybridized carbons (Fsp3) is 0.909. The molecule has 0 saturated heterocycles. The van der Waals surface area contributed by atoms with Crippen LogP contribution < -0.4 is 0 Å². The summed E-state index contributed by atoms with van der Waals surface area (Å²) in [6.45, 7) is 6.03. The Kier molecular flexibility index (Phi) is 6.75. The summed E-state index contributed by atoms with van der Waals surface area (Å²) in [6, 6.07) is 0. The van der Waals surface area contributed by atoms with E-state index in [4.69, 9.17) is 9.47 Å². The molecule has 0 aromatic rings. The third kappa shape index (κ3) is 5.35. The minimum Gasteiger partial charge on any atom is -0.356 e. The second-order valence-corrected chi connectivity index (χ2v) is 4.10. The van der Waals surface area contributed by atoms with Crippen LogP contribution in [0.15, 0.2) is 0 Å². The lowest BCUT2D eigenvalue weighted by atomic mass is 9.95. The molecule has 0 radical (unpaired) electrons. The molecule has 0 saturated carbocycles. The molecule has 84 valence electrons. The van der Waals surface area contributed by atoms with Gasteiger partial charge in [-0.05, 0) is 5.92 Å².